The number of aryl methyl sites for hydroxylation is 1. The second kappa shape index (κ2) is 4.02. The highest BCUT2D eigenvalue weighted by molar-refractivity contribution is 5.88. The highest BCUT2D eigenvalue weighted by Gasteiger charge is 2.16. The molecular weight excluding hydrogens is 240 g/mol. The first kappa shape index (κ1) is 11.9. The molecule has 0 aliphatic heterocycles. The molecule has 0 amide bonds. The van der Waals surface area contributed by atoms with Crippen molar-refractivity contribution < 1.29 is 14.8 Å². The number of non-ortho nitro benzene ring substituents is 1. The Balaban J connectivity index is 2.97. The van der Waals surface area contributed by atoms with E-state index in [9.17, 15) is 20.0 Å². The standard InChI is InChI=1S/C11H10N2O5/c1-12-10-6(4-8(14)11(12)15)3-7(13(16)17)5-9(10)18-2/h3-5,14H,1-2H3. The molecule has 0 unspecified atom stereocenters. The molecule has 0 saturated heterocycles. The van der Waals surface area contributed by atoms with Gasteiger partial charge >= 0.3 is 0 Å². The Bertz CT molecular complexity index is 705. The van der Waals surface area contributed by atoms with Crippen LogP contribution in [-0.4, -0.2) is 21.7 Å². The van der Waals surface area contributed by atoms with Crippen LogP contribution < -0.4 is 10.3 Å². The molecule has 2 aromatic rings. The Morgan fingerprint density at radius 2 is 2.06 bits per heavy atom. The summed E-state index contributed by atoms with van der Waals surface area (Å²) >= 11 is 0. The van der Waals surface area contributed by atoms with Gasteiger partial charge in [-0.25, -0.2) is 0 Å². The number of nitrogens with zero attached hydrogens (tertiary/aromatic N) is 2. The molecule has 1 heterocycles. The summed E-state index contributed by atoms with van der Waals surface area (Å²) in [6, 6.07) is 3.70. The summed E-state index contributed by atoms with van der Waals surface area (Å²) in [4.78, 5) is 21.8. The van der Waals surface area contributed by atoms with E-state index in [1.165, 1.54) is 36.9 Å². The average molecular weight is 250 g/mol. The van der Waals surface area contributed by atoms with Gasteiger partial charge in [0.25, 0.3) is 11.2 Å². The SMILES string of the molecule is COc1cc([N+](=O)[O-])cc2cc(O)c(=O)n(C)c12. The summed E-state index contributed by atoms with van der Waals surface area (Å²) in [6.07, 6.45) is 0. The molecule has 18 heavy (non-hydrogen) atoms. The summed E-state index contributed by atoms with van der Waals surface area (Å²) in [6.45, 7) is 0. The molecule has 94 valence electrons. The highest BCUT2D eigenvalue weighted by atomic mass is 16.6. The first-order valence-electron chi connectivity index (χ1n) is 5.01. The van der Waals surface area contributed by atoms with Gasteiger partial charge in [0.1, 0.15) is 5.75 Å². The van der Waals surface area contributed by atoms with Crippen LogP contribution in [0, 0.1) is 10.1 Å². The minimum Gasteiger partial charge on any atom is -0.503 e. The molecule has 1 N–H and O–H groups in total. The topological polar surface area (TPSA) is 94.6 Å². The highest BCUT2D eigenvalue weighted by Crippen LogP contribution is 2.31. The quantitative estimate of drug-likeness (QED) is 0.637. The summed E-state index contributed by atoms with van der Waals surface area (Å²) in [7, 11) is 2.81. The first-order valence-corrected chi connectivity index (χ1v) is 5.01. The third-order valence-corrected chi connectivity index (χ3v) is 2.67. The van der Waals surface area contributed by atoms with Crippen LogP contribution in [0.2, 0.25) is 0 Å². The van der Waals surface area contributed by atoms with Crippen LogP contribution >= 0.6 is 0 Å². The van der Waals surface area contributed by atoms with Crippen LogP contribution in [0.3, 0.4) is 0 Å². The van der Waals surface area contributed by atoms with Crippen molar-refractivity contribution in [3.63, 3.8) is 0 Å². The maximum Gasteiger partial charge on any atom is 0.292 e. The van der Waals surface area contributed by atoms with E-state index in [0.717, 1.165) is 0 Å². The smallest absolute Gasteiger partial charge is 0.292 e. The molecule has 0 atom stereocenters. The number of hydrogen-bond donors (Lipinski definition) is 1. The zero-order chi connectivity index (χ0) is 13.4. The van der Waals surface area contributed by atoms with Crippen molar-refractivity contribution in [1.29, 1.82) is 0 Å². The molecule has 1 aromatic carbocycles. The normalized spacial score (nSPS) is 10.6. The van der Waals surface area contributed by atoms with Gasteiger partial charge in [-0.05, 0) is 6.07 Å². The van der Waals surface area contributed by atoms with Crippen LogP contribution in [0.4, 0.5) is 5.69 Å². The number of rotatable bonds is 2. The molecule has 0 bridgehead atoms. The van der Waals surface area contributed by atoms with E-state index in [-0.39, 0.29) is 11.4 Å². The van der Waals surface area contributed by atoms with Crippen LogP contribution in [0.25, 0.3) is 10.9 Å². The Morgan fingerprint density at radius 3 is 2.61 bits per heavy atom. The van der Waals surface area contributed by atoms with Crippen molar-refractivity contribution in [3.8, 4) is 11.5 Å². The predicted molar refractivity (Wildman–Crippen MR) is 64.1 cm³/mol. The molecule has 0 saturated carbocycles. The number of aromatic hydroxyl groups is 1. The van der Waals surface area contributed by atoms with Gasteiger partial charge in [-0.3, -0.25) is 14.9 Å². The molecule has 0 spiro atoms. The zero-order valence-corrected chi connectivity index (χ0v) is 9.71. The Hall–Kier alpha value is -2.57. The minimum atomic E-state index is -0.588. The number of aromatic nitrogens is 1. The fourth-order valence-electron chi connectivity index (χ4n) is 1.83. The van der Waals surface area contributed by atoms with Crippen LogP contribution in [-0.2, 0) is 7.05 Å². The number of nitro groups is 1. The largest absolute Gasteiger partial charge is 0.503 e. The second-order valence-corrected chi connectivity index (χ2v) is 3.74. The first-order chi connectivity index (χ1) is 8.45. The lowest BCUT2D eigenvalue weighted by Gasteiger charge is -2.10. The fraction of sp³-hybridized carbons (Fsp3) is 0.182. The molecule has 2 rings (SSSR count). The van der Waals surface area contributed by atoms with E-state index >= 15 is 0 Å². The molecule has 7 heteroatoms. The number of benzene rings is 1. The Morgan fingerprint density at radius 1 is 1.39 bits per heavy atom. The van der Waals surface area contributed by atoms with Crippen molar-refractivity contribution in [2.24, 2.45) is 7.05 Å². The van der Waals surface area contributed by atoms with Crippen molar-refractivity contribution in [2.45, 2.75) is 0 Å². The van der Waals surface area contributed by atoms with Crippen molar-refractivity contribution in [1.82, 2.24) is 4.57 Å². The monoisotopic (exact) mass is 250 g/mol. The zero-order valence-electron chi connectivity index (χ0n) is 9.71. The van der Waals surface area contributed by atoms with E-state index in [0.29, 0.717) is 10.9 Å². The summed E-state index contributed by atoms with van der Waals surface area (Å²) in [5, 5.41) is 20.6. The Kier molecular flexibility index (Phi) is 2.66. The van der Waals surface area contributed by atoms with Gasteiger partial charge in [-0.15, -0.1) is 0 Å². The lowest BCUT2D eigenvalue weighted by Crippen LogP contribution is -2.16. The maximum absolute atomic E-state index is 11.6. The van der Waals surface area contributed by atoms with Gasteiger partial charge in [0, 0.05) is 18.5 Å². The molecule has 0 radical (unpaired) electrons. The fourth-order valence-corrected chi connectivity index (χ4v) is 1.83. The molecule has 0 aliphatic rings. The van der Waals surface area contributed by atoms with Crippen LogP contribution in [0.1, 0.15) is 0 Å². The molecule has 1 aromatic heterocycles. The lowest BCUT2D eigenvalue weighted by atomic mass is 10.1. The lowest BCUT2D eigenvalue weighted by molar-refractivity contribution is -0.384. The third kappa shape index (κ3) is 1.65. The van der Waals surface area contributed by atoms with E-state index in [4.69, 9.17) is 4.74 Å². The van der Waals surface area contributed by atoms with E-state index in [1.54, 1.807) is 0 Å². The molecule has 0 aliphatic carbocycles. The number of methoxy groups -OCH3 is 1. The van der Waals surface area contributed by atoms with E-state index < -0.39 is 16.2 Å². The van der Waals surface area contributed by atoms with Gasteiger partial charge < -0.3 is 14.4 Å². The molecule has 0 fully saturated rings. The summed E-state index contributed by atoms with van der Waals surface area (Å²) in [5.74, 6) is -0.258. The number of ether oxygens (including phenoxy) is 1. The van der Waals surface area contributed by atoms with E-state index in [2.05, 4.69) is 0 Å². The van der Waals surface area contributed by atoms with E-state index in [1.807, 2.05) is 0 Å². The van der Waals surface area contributed by atoms with Gasteiger partial charge in [-0.1, -0.05) is 0 Å². The van der Waals surface area contributed by atoms with Gasteiger partial charge in [0.05, 0.1) is 23.6 Å². The predicted octanol–water partition coefficient (Wildman–Crippen LogP) is 1.16. The molecular formula is C11H10N2O5. The number of nitro benzene ring substituents is 1. The van der Waals surface area contributed by atoms with Crippen LogP contribution in [0.5, 0.6) is 11.5 Å². The Labute approximate surface area is 101 Å². The maximum atomic E-state index is 11.6. The number of fused-ring (bicyclic) bond motifs is 1. The number of pyridine rings is 1. The third-order valence-electron chi connectivity index (χ3n) is 2.67. The van der Waals surface area contributed by atoms with Gasteiger partial charge in [0.2, 0.25) is 0 Å². The summed E-state index contributed by atoms with van der Waals surface area (Å²) in [5.41, 5.74) is -0.363. The minimum absolute atomic E-state index is 0.169. The second-order valence-electron chi connectivity index (χ2n) is 3.74. The van der Waals surface area contributed by atoms with Crippen molar-refractivity contribution >= 4 is 16.6 Å². The number of hydrogen-bond acceptors (Lipinski definition) is 5. The summed E-state index contributed by atoms with van der Waals surface area (Å²) < 4.78 is 6.24. The van der Waals surface area contributed by atoms with Crippen molar-refractivity contribution in [3.05, 3.63) is 38.7 Å². The van der Waals surface area contributed by atoms with Crippen LogP contribution in [0.15, 0.2) is 23.0 Å². The van der Waals surface area contributed by atoms with Gasteiger partial charge in [0.15, 0.2) is 5.75 Å². The molecule has 7 nitrogen and oxygen atoms in total. The van der Waals surface area contributed by atoms with Crippen molar-refractivity contribution in [2.75, 3.05) is 7.11 Å². The van der Waals surface area contributed by atoms with Gasteiger partial charge in [-0.2, -0.15) is 0 Å². The average Bonchev–Trinajstić information content (AvgIpc) is 2.34.